The molecule has 1 aliphatic heterocycles. The van der Waals surface area contributed by atoms with Crippen molar-refractivity contribution >= 4 is 0 Å². The molecule has 1 atom stereocenters. The maximum atomic E-state index is 9.23. The maximum absolute atomic E-state index is 9.23. The van der Waals surface area contributed by atoms with Crippen molar-refractivity contribution in [1.82, 2.24) is 10.6 Å². The van der Waals surface area contributed by atoms with Crippen LogP contribution in [0.5, 0.6) is 0 Å². The third-order valence-corrected chi connectivity index (χ3v) is 2.79. The third kappa shape index (κ3) is 4.40. The molecule has 1 saturated heterocycles. The molecule has 0 radical (unpaired) electrons. The predicted molar refractivity (Wildman–Crippen MR) is 59.4 cm³/mol. The van der Waals surface area contributed by atoms with Crippen LogP contribution in [0.1, 0.15) is 33.1 Å². The molecule has 0 aromatic carbocycles. The van der Waals surface area contributed by atoms with Crippen molar-refractivity contribution in [2.24, 2.45) is 5.92 Å². The van der Waals surface area contributed by atoms with Crippen molar-refractivity contribution in [2.45, 2.75) is 45.2 Å². The number of aliphatic hydroxyl groups is 1. The highest BCUT2D eigenvalue weighted by Crippen LogP contribution is 2.08. The molecule has 0 spiro atoms. The number of hydrogen-bond donors (Lipinski definition) is 3. The Balaban J connectivity index is 2.23. The lowest BCUT2D eigenvalue weighted by Crippen LogP contribution is -2.46. The van der Waals surface area contributed by atoms with Crippen LogP contribution in [0.15, 0.2) is 0 Å². The Bertz CT molecular complexity index is 144. The first-order valence-electron chi connectivity index (χ1n) is 5.80. The topological polar surface area (TPSA) is 44.3 Å². The number of rotatable bonds is 5. The molecule has 1 heterocycles. The standard InChI is InChI=1S/C11H24N2O/c1-9(2)7-11(8-14)13-10-3-5-12-6-4-10/h9-14H,3-8H2,1-2H3. The van der Waals surface area contributed by atoms with Gasteiger partial charge in [-0.05, 0) is 38.3 Å². The van der Waals surface area contributed by atoms with Gasteiger partial charge in [0.1, 0.15) is 0 Å². The highest BCUT2D eigenvalue weighted by atomic mass is 16.3. The van der Waals surface area contributed by atoms with Crippen LogP contribution in [-0.4, -0.2) is 36.9 Å². The SMILES string of the molecule is CC(C)CC(CO)NC1CCNCC1. The molecule has 0 saturated carbocycles. The molecule has 0 amide bonds. The molecule has 0 aromatic heterocycles. The van der Waals surface area contributed by atoms with E-state index in [9.17, 15) is 5.11 Å². The lowest BCUT2D eigenvalue weighted by molar-refractivity contribution is 0.203. The van der Waals surface area contributed by atoms with Gasteiger partial charge in [0.2, 0.25) is 0 Å². The molecule has 14 heavy (non-hydrogen) atoms. The first-order chi connectivity index (χ1) is 6.72. The van der Waals surface area contributed by atoms with E-state index < -0.39 is 0 Å². The second-order valence-electron chi connectivity index (χ2n) is 4.70. The average molecular weight is 200 g/mol. The maximum Gasteiger partial charge on any atom is 0.0584 e. The van der Waals surface area contributed by atoms with Gasteiger partial charge in [-0.2, -0.15) is 0 Å². The van der Waals surface area contributed by atoms with Crippen molar-refractivity contribution in [3.63, 3.8) is 0 Å². The smallest absolute Gasteiger partial charge is 0.0584 e. The molecular weight excluding hydrogens is 176 g/mol. The van der Waals surface area contributed by atoms with Gasteiger partial charge in [0, 0.05) is 12.1 Å². The fourth-order valence-electron chi connectivity index (χ4n) is 2.09. The molecule has 1 rings (SSSR count). The quantitative estimate of drug-likeness (QED) is 0.613. The van der Waals surface area contributed by atoms with E-state index in [4.69, 9.17) is 0 Å². The molecular formula is C11H24N2O. The van der Waals surface area contributed by atoms with Crippen LogP contribution in [0, 0.1) is 5.92 Å². The van der Waals surface area contributed by atoms with Gasteiger partial charge < -0.3 is 15.7 Å². The van der Waals surface area contributed by atoms with E-state index in [1.807, 2.05) is 0 Å². The number of hydrogen-bond acceptors (Lipinski definition) is 3. The van der Waals surface area contributed by atoms with Gasteiger partial charge in [-0.15, -0.1) is 0 Å². The van der Waals surface area contributed by atoms with Gasteiger partial charge in [-0.25, -0.2) is 0 Å². The van der Waals surface area contributed by atoms with Crippen LogP contribution in [0.3, 0.4) is 0 Å². The summed E-state index contributed by atoms with van der Waals surface area (Å²) in [6.07, 6.45) is 3.45. The monoisotopic (exact) mass is 200 g/mol. The minimum atomic E-state index is 0.266. The molecule has 0 aliphatic carbocycles. The zero-order valence-electron chi connectivity index (χ0n) is 9.42. The number of aliphatic hydroxyl groups excluding tert-OH is 1. The third-order valence-electron chi connectivity index (χ3n) is 2.79. The van der Waals surface area contributed by atoms with E-state index >= 15 is 0 Å². The Morgan fingerprint density at radius 2 is 2.00 bits per heavy atom. The van der Waals surface area contributed by atoms with Gasteiger partial charge in [0.15, 0.2) is 0 Å². The summed E-state index contributed by atoms with van der Waals surface area (Å²) < 4.78 is 0. The molecule has 3 N–H and O–H groups in total. The predicted octanol–water partition coefficient (Wildman–Crippen LogP) is 0.735. The fraction of sp³-hybridized carbons (Fsp3) is 1.00. The molecule has 84 valence electrons. The summed E-state index contributed by atoms with van der Waals surface area (Å²) in [5.74, 6) is 0.654. The van der Waals surface area contributed by atoms with Gasteiger partial charge in [-0.3, -0.25) is 0 Å². The first-order valence-corrected chi connectivity index (χ1v) is 5.80. The van der Waals surface area contributed by atoms with Crippen LogP contribution in [-0.2, 0) is 0 Å². The summed E-state index contributed by atoms with van der Waals surface area (Å²) in [6, 6.07) is 0.894. The largest absolute Gasteiger partial charge is 0.395 e. The van der Waals surface area contributed by atoms with Crippen LogP contribution >= 0.6 is 0 Å². The molecule has 0 bridgehead atoms. The second kappa shape index (κ2) is 6.38. The minimum absolute atomic E-state index is 0.266. The normalized spacial score (nSPS) is 21.4. The van der Waals surface area contributed by atoms with Crippen molar-refractivity contribution in [3.05, 3.63) is 0 Å². The first kappa shape index (κ1) is 12.0. The van der Waals surface area contributed by atoms with Gasteiger partial charge in [0.25, 0.3) is 0 Å². The molecule has 3 nitrogen and oxygen atoms in total. The summed E-state index contributed by atoms with van der Waals surface area (Å²) in [4.78, 5) is 0. The Morgan fingerprint density at radius 3 is 2.50 bits per heavy atom. The summed E-state index contributed by atoms with van der Waals surface area (Å²) in [6.45, 7) is 6.89. The average Bonchev–Trinajstić information content (AvgIpc) is 2.17. The van der Waals surface area contributed by atoms with Crippen LogP contribution < -0.4 is 10.6 Å². The van der Waals surface area contributed by atoms with Crippen LogP contribution in [0.4, 0.5) is 0 Å². The van der Waals surface area contributed by atoms with Crippen LogP contribution in [0.2, 0.25) is 0 Å². The Labute approximate surface area is 87.3 Å². The van der Waals surface area contributed by atoms with Gasteiger partial charge in [0.05, 0.1) is 6.61 Å². The van der Waals surface area contributed by atoms with Crippen molar-refractivity contribution in [2.75, 3.05) is 19.7 Å². The molecule has 1 fully saturated rings. The van der Waals surface area contributed by atoms with Gasteiger partial charge in [-0.1, -0.05) is 13.8 Å². The van der Waals surface area contributed by atoms with Crippen molar-refractivity contribution in [1.29, 1.82) is 0 Å². The Kier molecular flexibility index (Phi) is 5.45. The van der Waals surface area contributed by atoms with Crippen LogP contribution in [0.25, 0.3) is 0 Å². The van der Waals surface area contributed by atoms with E-state index in [0.29, 0.717) is 12.0 Å². The summed E-state index contributed by atoms with van der Waals surface area (Å²) in [5, 5.41) is 16.1. The van der Waals surface area contributed by atoms with Crippen molar-refractivity contribution < 1.29 is 5.11 Å². The summed E-state index contributed by atoms with van der Waals surface area (Å²) >= 11 is 0. The van der Waals surface area contributed by atoms with E-state index in [0.717, 1.165) is 19.5 Å². The van der Waals surface area contributed by atoms with E-state index in [1.54, 1.807) is 0 Å². The van der Waals surface area contributed by atoms with Gasteiger partial charge >= 0.3 is 0 Å². The summed E-state index contributed by atoms with van der Waals surface area (Å²) in [7, 11) is 0. The highest BCUT2D eigenvalue weighted by Gasteiger charge is 2.17. The second-order valence-corrected chi connectivity index (χ2v) is 4.70. The number of piperidine rings is 1. The molecule has 1 unspecified atom stereocenters. The lowest BCUT2D eigenvalue weighted by Gasteiger charge is -2.28. The number of nitrogens with one attached hydrogen (secondary N) is 2. The van der Waals surface area contributed by atoms with Crippen molar-refractivity contribution in [3.8, 4) is 0 Å². The Hall–Kier alpha value is -0.120. The zero-order valence-corrected chi connectivity index (χ0v) is 9.42. The zero-order chi connectivity index (χ0) is 10.4. The highest BCUT2D eigenvalue weighted by molar-refractivity contribution is 4.79. The lowest BCUT2D eigenvalue weighted by atomic mass is 10.0. The molecule has 3 heteroatoms. The Morgan fingerprint density at radius 1 is 1.36 bits per heavy atom. The minimum Gasteiger partial charge on any atom is -0.395 e. The molecule has 0 aromatic rings. The van der Waals surface area contributed by atoms with E-state index in [1.165, 1.54) is 12.8 Å². The fourth-order valence-corrected chi connectivity index (χ4v) is 2.09. The summed E-state index contributed by atoms with van der Waals surface area (Å²) in [5.41, 5.74) is 0. The molecule has 1 aliphatic rings. The van der Waals surface area contributed by atoms with E-state index in [-0.39, 0.29) is 12.6 Å². The van der Waals surface area contributed by atoms with E-state index in [2.05, 4.69) is 24.5 Å².